The van der Waals surface area contributed by atoms with E-state index in [-0.39, 0.29) is 24.4 Å². The van der Waals surface area contributed by atoms with Crippen molar-refractivity contribution in [2.45, 2.75) is 12.5 Å². The number of morpholine rings is 1. The van der Waals surface area contributed by atoms with Crippen LogP contribution in [-0.2, 0) is 16.0 Å². The van der Waals surface area contributed by atoms with Gasteiger partial charge in [0.1, 0.15) is 11.9 Å². The highest BCUT2D eigenvalue weighted by molar-refractivity contribution is 5.98. The number of carbonyl (C=O) groups excluding carboxylic acids is 1. The zero-order chi connectivity index (χ0) is 13.2. The van der Waals surface area contributed by atoms with Crippen LogP contribution < -0.4 is 15.0 Å². The lowest BCUT2D eigenvalue weighted by atomic mass is 10.1. The number of benzene rings is 1. The molecule has 1 unspecified atom stereocenters. The van der Waals surface area contributed by atoms with E-state index in [4.69, 9.17) is 9.47 Å². The van der Waals surface area contributed by atoms with Crippen molar-refractivity contribution in [1.82, 2.24) is 5.32 Å². The number of hydrogen-bond acceptors (Lipinski definition) is 4. The van der Waals surface area contributed by atoms with E-state index in [1.54, 1.807) is 7.11 Å². The maximum absolute atomic E-state index is 12.4. The molecule has 6 heteroatoms. The molecule has 5 nitrogen and oxygen atoms in total. The molecule has 1 aromatic carbocycles. The van der Waals surface area contributed by atoms with Crippen molar-refractivity contribution < 1.29 is 14.3 Å². The molecule has 1 N–H and O–H groups in total. The molecule has 0 saturated carbocycles. The fourth-order valence-electron chi connectivity index (χ4n) is 2.63. The van der Waals surface area contributed by atoms with Gasteiger partial charge in [-0.2, -0.15) is 0 Å². The average Bonchev–Trinajstić information content (AvgIpc) is 2.90. The maximum Gasteiger partial charge on any atom is 0.257 e. The van der Waals surface area contributed by atoms with Gasteiger partial charge in [0.05, 0.1) is 13.7 Å². The Morgan fingerprint density at radius 2 is 2.35 bits per heavy atom. The Morgan fingerprint density at radius 3 is 3.05 bits per heavy atom. The summed E-state index contributed by atoms with van der Waals surface area (Å²) in [6.45, 7) is 2.74. The average molecular weight is 299 g/mol. The molecule has 0 bridgehead atoms. The van der Waals surface area contributed by atoms with Crippen molar-refractivity contribution in [3.63, 3.8) is 0 Å². The highest BCUT2D eigenvalue weighted by atomic mass is 35.5. The Hall–Kier alpha value is -1.30. The van der Waals surface area contributed by atoms with Crippen LogP contribution in [0.3, 0.4) is 0 Å². The van der Waals surface area contributed by atoms with Crippen LogP contribution in [0.4, 0.5) is 5.69 Å². The van der Waals surface area contributed by atoms with Crippen molar-refractivity contribution >= 4 is 24.0 Å². The minimum absolute atomic E-state index is 0. The second kappa shape index (κ2) is 6.43. The first kappa shape index (κ1) is 15.1. The van der Waals surface area contributed by atoms with Crippen molar-refractivity contribution in [3.8, 4) is 5.75 Å². The Kier molecular flexibility index (Phi) is 4.86. The molecule has 3 rings (SSSR count). The van der Waals surface area contributed by atoms with Gasteiger partial charge in [-0.05, 0) is 30.2 Å². The van der Waals surface area contributed by atoms with Gasteiger partial charge in [-0.25, -0.2) is 0 Å². The zero-order valence-corrected chi connectivity index (χ0v) is 12.2. The van der Waals surface area contributed by atoms with Crippen LogP contribution in [0, 0.1) is 0 Å². The molecule has 20 heavy (non-hydrogen) atoms. The van der Waals surface area contributed by atoms with Gasteiger partial charge in [0.15, 0.2) is 0 Å². The predicted octanol–water partition coefficient (Wildman–Crippen LogP) is 0.994. The summed E-state index contributed by atoms with van der Waals surface area (Å²) < 4.78 is 10.7. The minimum Gasteiger partial charge on any atom is -0.497 e. The summed E-state index contributed by atoms with van der Waals surface area (Å²) in [7, 11) is 1.65. The highest BCUT2D eigenvalue weighted by Crippen LogP contribution is 2.31. The summed E-state index contributed by atoms with van der Waals surface area (Å²) >= 11 is 0. The smallest absolute Gasteiger partial charge is 0.257 e. The third-order valence-corrected chi connectivity index (χ3v) is 3.65. The van der Waals surface area contributed by atoms with E-state index in [2.05, 4.69) is 5.32 Å². The highest BCUT2D eigenvalue weighted by Gasteiger charge is 2.31. The molecule has 110 valence electrons. The summed E-state index contributed by atoms with van der Waals surface area (Å²) in [5.74, 6) is 0.889. The van der Waals surface area contributed by atoms with Gasteiger partial charge in [-0.1, -0.05) is 0 Å². The standard InChI is InChI=1S/C14H18N2O3.ClH/c1-18-11-2-3-12-10(8-11)4-6-16(12)14(17)13-9-15-5-7-19-13;/h2-3,8,13,15H,4-7,9H2,1H3;1H. The van der Waals surface area contributed by atoms with E-state index in [0.717, 1.165) is 36.5 Å². The Balaban J connectivity index is 0.00000147. The molecule has 0 spiro atoms. The summed E-state index contributed by atoms with van der Waals surface area (Å²) in [5, 5.41) is 3.19. The van der Waals surface area contributed by atoms with E-state index in [0.29, 0.717) is 13.2 Å². The topological polar surface area (TPSA) is 50.8 Å². The maximum atomic E-state index is 12.4. The van der Waals surface area contributed by atoms with Gasteiger partial charge in [-0.3, -0.25) is 4.79 Å². The van der Waals surface area contributed by atoms with E-state index in [1.807, 2.05) is 23.1 Å². The SMILES string of the molecule is COc1ccc2c(c1)CCN2C(=O)C1CNCCO1.Cl. The Labute approximate surface area is 124 Å². The van der Waals surface area contributed by atoms with Gasteiger partial charge < -0.3 is 19.7 Å². The molecule has 0 radical (unpaired) electrons. The molecule has 1 saturated heterocycles. The van der Waals surface area contributed by atoms with E-state index in [1.165, 1.54) is 0 Å². The van der Waals surface area contributed by atoms with Gasteiger partial charge in [0, 0.05) is 25.3 Å². The summed E-state index contributed by atoms with van der Waals surface area (Å²) in [6, 6.07) is 5.85. The molecule has 1 aromatic rings. The number of carbonyl (C=O) groups is 1. The number of anilines is 1. The number of nitrogens with one attached hydrogen (secondary N) is 1. The number of halogens is 1. The molecular weight excluding hydrogens is 280 g/mol. The zero-order valence-electron chi connectivity index (χ0n) is 11.4. The summed E-state index contributed by atoms with van der Waals surface area (Å²) in [4.78, 5) is 14.3. The molecule has 2 heterocycles. The molecule has 2 aliphatic heterocycles. The third kappa shape index (κ3) is 2.75. The van der Waals surface area contributed by atoms with Crippen LogP contribution in [0.1, 0.15) is 5.56 Å². The summed E-state index contributed by atoms with van der Waals surface area (Å²) in [5.41, 5.74) is 2.15. The van der Waals surface area contributed by atoms with Crippen LogP contribution in [0.5, 0.6) is 5.75 Å². The normalized spacial score (nSPS) is 21.1. The van der Waals surface area contributed by atoms with Crippen LogP contribution in [0.2, 0.25) is 0 Å². The fourth-order valence-corrected chi connectivity index (χ4v) is 2.63. The number of amides is 1. The van der Waals surface area contributed by atoms with E-state index in [9.17, 15) is 4.79 Å². The first-order valence-corrected chi connectivity index (χ1v) is 6.60. The monoisotopic (exact) mass is 298 g/mol. The number of rotatable bonds is 2. The number of nitrogens with zero attached hydrogens (tertiary/aromatic N) is 1. The molecular formula is C14H19ClN2O3. The largest absolute Gasteiger partial charge is 0.497 e. The van der Waals surface area contributed by atoms with Crippen molar-refractivity contribution in [1.29, 1.82) is 0 Å². The molecule has 0 aromatic heterocycles. The lowest BCUT2D eigenvalue weighted by Gasteiger charge is -2.27. The predicted molar refractivity (Wildman–Crippen MR) is 78.9 cm³/mol. The molecule has 0 aliphatic carbocycles. The molecule has 1 amide bonds. The van der Waals surface area contributed by atoms with Crippen LogP contribution in [-0.4, -0.2) is 45.4 Å². The van der Waals surface area contributed by atoms with Gasteiger partial charge >= 0.3 is 0 Å². The number of ether oxygens (including phenoxy) is 2. The Bertz CT molecular complexity index is 489. The molecule has 1 atom stereocenters. The summed E-state index contributed by atoms with van der Waals surface area (Å²) in [6.07, 6.45) is 0.514. The van der Waals surface area contributed by atoms with Crippen LogP contribution >= 0.6 is 12.4 Å². The third-order valence-electron chi connectivity index (χ3n) is 3.65. The molecule has 1 fully saturated rings. The van der Waals surface area contributed by atoms with Gasteiger partial charge in [0.2, 0.25) is 0 Å². The molecule has 2 aliphatic rings. The van der Waals surface area contributed by atoms with Crippen LogP contribution in [0.15, 0.2) is 18.2 Å². The fraction of sp³-hybridized carbons (Fsp3) is 0.500. The van der Waals surface area contributed by atoms with Crippen LogP contribution in [0.25, 0.3) is 0 Å². The number of hydrogen-bond donors (Lipinski definition) is 1. The number of fused-ring (bicyclic) bond motifs is 1. The second-order valence-corrected chi connectivity index (χ2v) is 4.80. The van der Waals surface area contributed by atoms with Crippen molar-refractivity contribution in [3.05, 3.63) is 23.8 Å². The number of methoxy groups -OCH3 is 1. The first-order valence-electron chi connectivity index (χ1n) is 6.60. The van der Waals surface area contributed by atoms with E-state index < -0.39 is 0 Å². The quantitative estimate of drug-likeness (QED) is 0.885. The second-order valence-electron chi connectivity index (χ2n) is 4.80. The lowest BCUT2D eigenvalue weighted by Crippen LogP contribution is -2.49. The minimum atomic E-state index is -0.359. The van der Waals surface area contributed by atoms with Gasteiger partial charge in [0.25, 0.3) is 5.91 Å². The lowest BCUT2D eigenvalue weighted by molar-refractivity contribution is -0.131. The van der Waals surface area contributed by atoms with Crippen molar-refractivity contribution in [2.75, 3.05) is 38.3 Å². The Morgan fingerprint density at radius 1 is 1.50 bits per heavy atom. The van der Waals surface area contributed by atoms with Crippen molar-refractivity contribution in [2.24, 2.45) is 0 Å². The first-order chi connectivity index (χ1) is 9.29. The van der Waals surface area contributed by atoms with E-state index >= 15 is 0 Å². The van der Waals surface area contributed by atoms with Gasteiger partial charge in [-0.15, -0.1) is 12.4 Å².